The summed E-state index contributed by atoms with van der Waals surface area (Å²) in [5.41, 5.74) is 1.91. The van der Waals surface area contributed by atoms with Gasteiger partial charge in [-0.05, 0) is 35.9 Å². The van der Waals surface area contributed by atoms with Gasteiger partial charge < -0.3 is 9.84 Å². The predicted octanol–water partition coefficient (Wildman–Crippen LogP) is 4.18. The molecule has 1 aromatic heterocycles. The number of thiazole rings is 1. The van der Waals surface area contributed by atoms with E-state index in [1.54, 1.807) is 23.5 Å². The third-order valence-corrected chi connectivity index (χ3v) is 3.93. The van der Waals surface area contributed by atoms with E-state index in [1.807, 2.05) is 36.4 Å². The number of hydrogen-bond acceptors (Lipinski definition) is 4. The molecule has 0 atom stereocenters. The van der Waals surface area contributed by atoms with Gasteiger partial charge in [-0.2, -0.15) is 0 Å². The van der Waals surface area contributed by atoms with E-state index in [2.05, 4.69) is 11.1 Å². The molecule has 0 aliphatic carbocycles. The van der Waals surface area contributed by atoms with E-state index in [-0.39, 0.29) is 5.75 Å². The number of rotatable bonds is 3. The molecule has 0 radical (unpaired) electrons. The van der Waals surface area contributed by atoms with E-state index < -0.39 is 0 Å². The Bertz CT molecular complexity index is 744. The average Bonchev–Trinajstić information content (AvgIpc) is 2.88. The van der Waals surface area contributed by atoms with Crippen molar-refractivity contribution in [2.45, 2.75) is 0 Å². The van der Waals surface area contributed by atoms with Crippen LogP contribution in [0.15, 0.2) is 42.5 Å². The molecule has 1 heterocycles. The van der Waals surface area contributed by atoms with E-state index in [9.17, 15) is 5.11 Å². The fraction of sp³-hybridized carbons (Fsp3) is 0.0625. The van der Waals surface area contributed by atoms with Gasteiger partial charge in [-0.3, -0.25) is 0 Å². The lowest BCUT2D eigenvalue weighted by molar-refractivity contribution is 0.373. The van der Waals surface area contributed by atoms with E-state index in [0.717, 1.165) is 16.1 Å². The van der Waals surface area contributed by atoms with Crippen LogP contribution in [-0.2, 0) is 0 Å². The number of aromatic nitrogens is 1. The molecule has 3 rings (SSSR count). The zero-order valence-electron chi connectivity index (χ0n) is 10.9. The minimum absolute atomic E-state index is 0.138. The van der Waals surface area contributed by atoms with Gasteiger partial charge in [0.1, 0.15) is 5.01 Å². The molecule has 2 aromatic carbocycles. The van der Waals surface area contributed by atoms with Gasteiger partial charge in [0, 0.05) is 0 Å². The highest BCUT2D eigenvalue weighted by molar-refractivity contribution is 7.19. The van der Waals surface area contributed by atoms with Crippen LogP contribution in [0.5, 0.6) is 11.5 Å². The van der Waals surface area contributed by atoms with Crippen LogP contribution in [0.2, 0.25) is 0 Å². The normalized spacial score (nSPS) is 11.2. The summed E-state index contributed by atoms with van der Waals surface area (Å²) in [5, 5.41) is 10.7. The lowest BCUT2D eigenvalue weighted by Gasteiger charge is -2.02. The number of aromatic hydroxyl groups is 1. The molecule has 100 valence electrons. The number of para-hydroxylation sites is 1. The summed E-state index contributed by atoms with van der Waals surface area (Å²) in [6.07, 6.45) is 3.88. The summed E-state index contributed by atoms with van der Waals surface area (Å²) < 4.78 is 6.19. The maximum absolute atomic E-state index is 9.73. The van der Waals surface area contributed by atoms with Crippen molar-refractivity contribution in [3.8, 4) is 11.5 Å². The van der Waals surface area contributed by atoms with Crippen molar-refractivity contribution in [2.24, 2.45) is 0 Å². The van der Waals surface area contributed by atoms with Gasteiger partial charge in [0.15, 0.2) is 11.5 Å². The van der Waals surface area contributed by atoms with Crippen molar-refractivity contribution in [3.05, 3.63) is 53.0 Å². The van der Waals surface area contributed by atoms with E-state index in [4.69, 9.17) is 4.74 Å². The van der Waals surface area contributed by atoms with Gasteiger partial charge in [0.25, 0.3) is 0 Å². The molecule has 4 heteroatoms. The van der Waals surface area contributed by atoms with Gasteiger partial charge in [0.2, 0.25) is 0 Å². The first kappa shape index (κ1) is 12.7. The topological polar surface area (TPSA) is 42.4 Å². The molecule has 0 unspecified atom stereocenters. The fourth-order valence-electron chi connectivity index (χ4n) is 1.94. The van der Waals surface area contributed by atoms with Crippen LogP contribution in [0.25, 0.3) is 22.4 Å². The molecule has 0 spiro atoms. The van der Waals surface area contributed by atoms with Crippen molar-refractivity contribution < 1.29 is 9.84 Å². The number of hydrogen-bond donors (Lipinski definition) is 1. The number of phenolic OH excluding ortho intramolecular Hbond substituents is 1. The number of methoxy groups -OCH3 is 1. The number of ether oxygens (including phenoxy) is 1. The monoisotopic (exact) mass is 283 g/mol. The number of fused-ring (bicyclic) bond motifs is 1. The van der Waals surface area contributed by atoms with Crippen molar-refractivity contribution in [2.75, 3.05) is 7.11 Å². The van der Waals surface area contributed by atoms with E-state index in [0.29, 0.717) is 5.75 Å². The minimum Gasteiger partial charge on any atom is -0.504 e. The number of phenols is 1. The first-order chi connectivity index (χ1) is 9.76. The fourth-order valence-corrected chi connectivity index (χ4v) is 2.81. The quantitative estimate of drug-likeness (QED) is 0.784. The van der Waals surface area contributed by atoms with Crippen molar-refractivity contribution in [3.63, 3.8) is 0 Å². The van der Waals surface area contributed by atoms with E-state index in [1.165, 1.54) is 11.8 Å². The highest BCUT2D eigenvalue weighted by atomic mass is 32.1. The summed E-state index contributed by atoms with van der Waals surface area (Å²) >= 11 is 1.64. The van der Waals surface area contributed by atoms with Gasteiger partial charge in [-0.1, -0.05) is 24.3 Å². The van der Waals surface area contributed by atoms with Gasteiger partial charge >= 0.3 is 0 Å². The smallest absolute Gasteiger partial charge is 0.160 e. The highest BCUT2D eigenvalue weighted by Gasteiger charge is 2.02. The Morgan fingerprint density at radius 1 is 1.15 bits per heavy atom. The molecule has 0 saturated carbocycles. The molecular formula is C16H13NO2S. The van der Waals surface area contributed by atoms with Crippen molar-refractivity contribution >= 4 is 33.7 Å². The van der Waals surface area contributed by atoms with Gasteiger partial charge in [-0.25, -0.2) is 4.98 Å². The Morgan fingerprint density at radius 3 is 2.75 bits per heavy atom. The second kappa shape index (κ2) is 5.35. The molecule has 0 bridgehead atoms. The second-order valence-corrected chi connectivity index (χ2v) is 5.35. The van der Waals surface area contributed by atoms with Crippen LogP contribution in [0.1, 0.15) is 10.6 Å². The maximum Gasteiger partial charge on any atom is 0.160 e. The second-order valence-electron chi connectivity index (χ2n) is 4.28. The largest absolute Gasteiger partial charge is 0.504 e. The minimum atomic E-state index is 0.138. The molecule has 0 amide bonds. The number of nitrogens with zero attached hydrogens (tertiary/aromatic N) is 1. The zero-order valence-corrected chi connectivity index (χ0v) is 11.7. The molecule has 1 N–H and O–H groups in total. The summed E-state index contributed by atoms with van der Waals surface area (Å²) in [6.45, 7) is 0. The molecule has 3 aromatic rings. The number of benzene rings is 2. The summed E-state index contributed by atoms with van der Waals surface area (Å²) in [5.74, 6) is 0.612. The molecule has 0 aliphatic rings. The lowest BCUT2D eigenvalue weighted by Crippen LogP contribution is -1.83. The molecule has 0 fully saturated rings. The average molecular weight is 283 g/mol. The SMILES string of the molecule is COc1ccc(/C=C/c2nc3ccccc3s2)cc1O. The molecule has 0 aliphatic heterocycles. The van der Waals surface area contributed by atoms with E-state index >= 15 is 0 Å². The van der Waals surface area contributed by atoms with Crippen LogP contribution in [0, 0.1) is 0 Å². The Balaban J connectivity index is 1.88. The standard InChI is InChI=1S/C16H13NO2S/c1-19-14-8-6-11(10-13(14)18)7-9-16-17-12-4-2-3-5-15(12)20-16/h2-10,18H,1H3/b9-7+. The summed E-state index contributed by atoms with van der Waals surface area (Å²) in [7, 11) is 1.53. The first-order valence-corrected chi connectivity index (χ1v) is 6.98. The van der Waals surface area contributed by atoms with Gasteiger partial charge in [-0.15, -0.1) is 11.3 Å². The Labute approximate surface area is 120 Å². The van der Waals surface area contributed by atoms with Crippen LogP contribution >= 0.6 is 11.3 Å². The third-order valence-electron chi connectivity index (χ3n) is 2.93. The Morgan fingerprint density at radius 2 is 2.00 bits per heavy atom. The Kier molecular flexibility index (Phi) is 3.39. The van der Waals surface area contributed by atoms with Crippen LogP contribution < -0.4 is 4.74 Å². The molecule has 3 nitrogen and oxygen atoms in total. The van der Waals surface area contributed by atoms with Crippen LogP contribution in [0.3, 0.4) is 0 Å². The van der Waals surface area contributed by atoms with Crippen LogP contribution in [-0.4, -0.2) is 17.2 Å². The molecular weight excluding hydrogens is 270 g/mol. The zero-order chi connectivity index (χ0) is 13.9. The molecule has 0 saturated heterocycles. The molecule has 20 heavy (non-hydrogen) atoms. The van der Waals surface area contributed by atoms with Crippen molar-refractivity contribution in [1.82, 2.24) is 4.98 Å². The third kappa shape index (κ3) is 2.51. The summed E-state index contributed by atoms with van der Waals surface area (Å²) in [4.78, 5) is 4.53. The van der Waals surface area contributed by atoms with Crippen molar-refractivity contribution in [1.29, 1.82) is 0 Å². The Hall–Kier alpha value is -2.33. The first-order valence-electron chi connectivity index (χ1n) is 6.17. The maximum atomic E-state index is 9.73. The van der Waals surface area contributed by atoms with Crippen LogP contribution in [0.4, 0.5) is 0 Å². The van der Waals surface area contributed by atoms with Gasteiger partial charge in [0.05, 0.1) is 17.3 Å². The lowest BCUT2D eigenvalue weighted by atomic mass is 10.2. The highest BCUT2D eigenvalue weighted by Crippen LogP contribution is 2.28. The predicted molar refractivity (Wildman–Crippen MR) is 83.2 cm³/mol. The summed E-state index contributed by atoms with van der Waals surface area (Å²) in [6, 6.07) is 13.4.